The zero-order chi connectivity index (χ0) is 19.2. The molecule has 27 heavy (non-hydrogen) atoms. The Balaban J connectivity index is 1.55. The number of allylic oxidation sites excluding steroid dienone is 4. The number of carbonyl (C=O) groups excluding carboxylic acids is 1. The molecule has 4 rings (SSSR count). The van der Waals surface area contributed by atoms with Gasteiger partial charge in [0.1, 0.15) is 0 Å². The first-order chi connectivity index (χ1) is 12.9. The van der Waals surface area contributed by atoms with E-state index in [9.17, 15) is 4.79 Å². The highest BCUT2D eigenvalue weighted by atomic mass is 16.5. The molecule has 2 nitrogen and oxygen atoms in total. The van der Waals surface area contributed by atoms with Gasteiger partial charge in [-0.2, -0.15) is 0 Å². The molecule has 0 N–H and O–H groups in total. The first kappa shape index (κ1) is 19.3. The summed E-state index contributed by atoms with van der Waals surface area (Å²) >= 11 is 0. The molecular formula is C25H38O2. The summed E-state index contributed by atoms with van der Waals surface area (Å²) in [7, 11) is 1.50. The summed E-state index contributed by atoms with van der Waals surface area (Å²) in [4.78, 5) is 11.6. The molecule has 2 fully saturated rings. The van der Waals surface area contributed by atoms with Crippen molar-refractivity contribution in [3.63, 3.8) is 0 Å². The predicted molar refractivity (Wildman–Crippen MR) is 110 cm³/mol. The van der Waals surface area contributed by atoms with Crippen LogP contribution in [0.2, 0.25) is 0 Å². The van der Waals surface area contributed by atoms with Crippen LogP contribution in [0.1, 0.15) is 72.1 Å². The summed E-state index contributed by atoms with van der Waals surface area (Å²) < 4.78 is 4.87. The fraction of sp³-hybridized carbons (Fsp3) is 0.800. The Morgan fingerprint density at radius 2 is 2.00 bits per heavy atom. The topological polar surface area (TPSA) is 26.3 Å². The lowest BCUT2D eigenvalue weighted by molar-refractivity contribution is -0.141. The molecule has 0 aliphatic heterocycles. The van der Waals surface area contributed by atoms with Gasteiger partial charge in [0.25, 0.3) is 0 Å². The molecule has 0 spiro atoms. The molecule has 4 aliphatic carbocycles. The lowest BCUT2D eigenvalue weighted by Crippen LogP contribution is -2.50. The summed E-state index contributed by atoms with van der Waals surface area (Å²) in [6, 6.07) is 0. The first-order valence-corrected chi connectivity index (χ1v) is 11.3. The van der Waals surface area contributed by atoms with Crippen molar-refractivity contribution in [2.24, 2.45) is 46.3 Å². The minimum atomic E-state index is -0.0580. The van der Waals surface area contributed by atoms with Crippen LogP contribution in [-0.2, 0) is 9.53 Å². The van der Waals surface area contributed by atoms with Crippen LogP contribution in [0.3, 0.4) is 0 Å². The zero-order valence-corrected chi connectivity index (χ0v) is 17.7. The number of hydrogen-bond acceptors (Lipinski definition) is 2. The van der Waals surface area contributed by atoms with Crippen LogP contribution >= 0.6 is 0 Å². The summed E-state index contributed by atoms with van der Waals surface area (Å²) in [6.45, 7) is 7.48. The van der Waals surface area contributed by atoms with Gasteiger partial charge in [-0.3, -0.25) is 4.79 Å². The summed E-state index contributed by atoms with van der Waals surface area (Å²) in [5, 5.41) is 0. The van der Waals surface area contributed by atoms with Gasteiger partial charge in [0, 0.05) is 6.42 Å². The Morgan fingerprint density at radius 3 is 2.78 bits per heavy atom. The van der Waals surface area contributed by atoms with Gasteiger partial charge in [-0.15, -0.1) is 0 Å². The van der Waals surface area contributed by atoms with Crippen LogP contribution in [0.4, 0.5) is 0 Å². The van der Waals surface area contributed by atoms with Crippen molar-refractivity contribution in [3.8, 4) is 0 Å². The Bertz CT molecular complexity index is 634. The van der Waals surface area contributed by atoms with Gasteiger partial charge in [0.15, 0.2) is 0 Å². The van der Waals surface area contributed by atoms with E-state index in [0.29, 0.717) is 29.1 Å². The van der Waals surface area contributed by atoms with E-state index in [2.05, 4.69) is 45.1 Å². The predicted octanol–water partition coefficient (Wildman–Crippen LogP) is 6.18. The van der Waals surface area contributed by atoms with Crippen LogP contribution in [0, 0.1) is 46.3 Å². The third-order valence-corrected chi connectivity index (χ3v) is 9.38. The Labute approximate surface area is 165 Å². The highest BCUT2D eigenvalue weighted by molar-refractivity contribution is 5.69. The normalized spacial score (nSPS) is 46.3. The van der Waals surface area contributed by atoms with E-state index in [4.69, 9.17) is 4.74 Å². The molecule has 4 aliphatic rings. The number of hydrogen-bond donors (Lipinski definition) is 0. The molecule has 150 valence electrons. The maximum atomic E-state index is 11.6. The smallest absolute Gasteiger partial charge is 0.305 e. The fourth-order valence-electron chi connectivity index (χ4n) is 7.79. The highest BCUT2D eigenvalue weighted by Crippen LogP contribution is 2.65. The third-order valence-electron chi connectivity index (χ3n) is 9.38. The van der Waals surface area contributed by atoms with E-state index in [1.54, 1.807) is 0 Å². The van der Waals surface area contributed by atoms with E-state index in [1.165, 1.54) is 45.6 Å². The molecule has 0 aromatic rings. The highest BCUT2D eigenvalue weighted by Gasteiger charge is 2.57. The summed E-state index contributed by atoms with van der Waals surface area (Å²) in [5.74, 6) is 4.50. The largest absolute Gasteiger partial charge is 0.469 e. The molecule has 8 atom stereocenters. The van der Waals surface area contributed by atoms with Gasteiger partial charge in [0.2, 0.25) is 0 Å². The van der Waals surface area contributed by atoms with Crippen molar-refractivity contribution in [1.82, 2.24) is 0 Å². The second kappa shape index (κ2) is 7.08. The average Bonchev–Trinajstić information content (AvgIpc) is 3.02. The van der Waals surface area contributed by atoms with Gasteiger partial charge >= 0.3 is 5.97 Å². The quantitative estimate of drug-likeness (QED) is 0.436. The second-order valence-electron chi connectivity index (χ2n) is 10.5. The Kier molecular flexibility index (Phi) is 5.06. The van der Waals surface area contributed by atoms with Gasteiger partial charge in [-0.1, -0.05) is 45.1 Å². The average molecular weight is 371 g/mol. The van der Waals surface area contributed by atoms with Gasteiger partial charge in [0.05, 0.1) is 7.11 Å². The van der Waals surface area contributed by atoms with Crippen LogP contribution in [-0.4, -0.2) is 13.1 Å². The van der Waals surface area contributed by atoms with Crippen molar-refractivity contribution < 1.29 is 9.53 Å². The number of methoxy groups -OCH3 is 1. The first-order valence-electron chi connectivity index (χ1n) is 11.3. The summed E-state index contributed by atoms with van der Waals surface area (Å²) in [6.07, 6.45) is 19.9. The van der Waals surface area contributed by atoms with Gasteiger partial charge in [-0.25, -0.2) is 0 Å². The van der Waals surface area contributed by atoms with Crippen LogP contribution < -0.4 is 0 Å². The van der Waals surface area contributed by atoms with E-state index in [1.807, 2.05) is 0 Å². The zero-order valence-electron chi connectivity index (χ0n) is 17.7. The molecule has 0 amide bonds. The van der Waals surface area contributed by atoms with E-state index >= 15 is 0 Å². The standard InChI is InChI=1S/C25H38O2/c1-17(8-13-23(26)27-4)20-11-12-21-19-10-9-18-7-5-6-15-24(18,2)22(19)14-16-25(20,21)3/h5,7,14,16-22H,6,8-13,15H2,1-4H3/t17-,18-,19-,20+,21-,22-,24+,25+/m1/s1. The Hall–Kier alpha value is -1.05. The molecular weight excluding hydrogens is 332 g/mol. The van der Waals surface area contributed by atoms with Crippen LogP contribution in [0.5, 0.6) is 0 Å². The maximum absolute atomic E-state index is 11.6. The maximum Gasteiger partial charge on any atom is 0.305 e. The number of ether oxygens (including phenoxy) is 1. The molecule has 0 aromatic carbocycles. The number of esters is 1. The monoisotopic (exact) mass is 370 g/mol. The lowest BCUT2D eigenvalue weighted by atomic mass is 9.47. The van der Waals surface area contributed by atoms with Crippen LogP contribution in [0.15, 0.2) is 24.3 Å². The molecule has 0 bridgehead atoms. The summed E-state index contributed by atoms with van der Waals surface area (Å²) in [5.41, 5.74) is 0.800. The minimum Gasteiger partial charge on any atom is -0.469 e. The molecule has 2 heteroatoms. The van der Waals surface area contributed by atoms with Crippen molar-refractivity contribution in [1.29, 1.82) is 0 Å². The van der Waals surface area contributed by atoms with Crippen molar-refractivity contribution in [2.45, 2.75) is 72.1 Å². The third kappa shape index (κ3) is 3.02. The molecule has 0 radical (unpaired) electrons. The molecule has 0 unspecified atom stereocenters. The van der Waals surface area contributed by atoms with Gasteiger partial charge < -0.3 is 4.74 Å². The molecule has 0 heterocycles. The number of carbonyl (C=O) groups is 1. The molecule has 0 aromatic heterocycles. The van der Waals surface area contributed by atoms with Crippen molar-refractivity contribution in [3.05, 3.63) is 24.3 Å². The number of rotatable bonds is 4. The molecule has 0 saturated heterocycles. The van der Waals surface area contributed by atoms with E-state index < -0.39 is 0 Å². The molecule has 2 saturated carbocycles. The number of fused-ring (bicyclic) bond motifs is 5. The minimum absolute atomic E-state index is 0.0580. The van der Waals surface area contributed by atoms with Gasteiger partial charge in [-0.05, 0) is 91.3 Å². The van der Waals surface area contributed by atoms with Crippen LogP contribution in [0.25, 0.3) is 0 Å². The second-order valence-corrected chi connectivity index (χ2v) is 10.5. The lowest BCUT2D eigenvalue weighted by Gasteiger charge is -2.57. The SMILES string of the molecule is COC(=O)CC[C@@H](C)[C@@H]1CC[C@@H]2[C@H]3CC[C@H]4C=CCC[C@]4(C)[C@@H]3C=C[C@]21C. The van der Waals surface area contributed by atoms with E-state index in [-0.39, 0.29) is 5.97 Å². The van der Waals surface area contributed by atoms with E-state index in [0.717, 1.165) is 30.1 Å². The Morgan fingerprint density at radius 1 is 1.19 bits per heavy atom. The van der Waals surface area contributed by atoms with Crippen molar-refractivity contribution >= 4 is 5.97 Å². The fourth-order valence-corrected chi connectivity index (χ4v) is 7.79. The van der Waals surface area contributed by atoms with Crippen molar-refractivity contribution in [2.75, 3.05) is 7.11 Å².